The van der Waals surface area contributed by atoms with Crippen LogP contribution in [0.2, 0.25) is 0 Å². The summed E-state index contributed by atoms with van der Waals surface area (Å²) in [6.07, 6.45) is -0.278. The van der Waals surface area contributed by atoms with E-state index in [0.717, 1.165) is 16.8 Å². The first-order chi connectivity index (χ1) is 13.5. The van der Waals surface area contributed by atoms with Crippen molar-refractivity contribution in [2.45, 2.75) is 6.10 Å². The molecule has 142 valence electrons. The van der Waals surface area contributed by atoms with Gasteiger partial charge in [0.15, 0.2) is 0 Å². The van der Waals surface area contributed by atoms with Crippen LogP contribution in [0.3, 0.4) is 0 Å². The topological polar surface area (TPSA) is 78.6 Å². The summed E-state index contributed by atoms with van der Waals surface area (Å²) >= 11 is 0. The SMILES string of the molecule is Nc1ccc(-c2ccc(F)cc2)cc1NC(=O)c1ccc(N2CC(O)C2)cc1. The third kappa shape index (κ3) is 3.68. The van der Waals surface area contributed by atoms with Gasteiger partial charge in [-0.25, -0.2) is 4.39 Å². The molecule has 3 aromatic rings. The maximum absolute atomic E-state index is 13.1. The molecule has 0 aromatic heterocycles. The van der Waals surface area contributed by atoms with Crippen molar-refractivity contribution in [3.8, 4) is 11.1 Å². The average molecular weight is 377 g/mol. The fourth-order valence-electron chi connectivity index (χ4n) is 3.17. The summed E-state index contributed by atoms with van der Waals surface area (Å²) in [5, 5.41) is 12.2. The minimum absolute atomic E-state index is 0.266. The van der Waals surface area contributed by atoms with Gasteiger partial charge in [-0.1, -0.05) is 18.2 Å². The summed E-state index contributed by atoms with van der Waals surface area (Å²) in [6, 6.07) is 18.7. The Morgan fingerprint density at radius 1 is 1.00 bits per heavy atom. The Morgan fingerprint density at radius 3 is 2.29 bits per heavy atom. The van der Waals surface area contributed by atoms with E-state index in [1.165, 1.54) is 12.1 Å². The minimum Gasteiger partial charge on any atom is -0.397 e. The highest BCUT2D eigenvalue weighted by atomic mass is 19.1. The minimum atomic E-state index is -0.302. The van der Waals surface area contributed by atoms with Crippen molar-refractivity contribution in [2.24, 2.45) is 0 Å². The van der Waals surface area contributed by atoms with E-state index >= 15 is 0 Å². The number of β-amino-alcohol motifs (C(OH)–C–C–N with tert-alkyl or cyclic N) is 1. The lowest BCUT2D eigenvalue weighted by atomic mass is 10.0. The second kappa shape index (κ2) is 7.32. The zero-order chi connectivity index (χ0) is 19.7. The number of amides is 1. The maximum atomic E-state index is 13.1. The van der Waals surface area contributed by atoms with Gasteiger partial charge < -0.3 is 21.1 Å². The van der Waals surface area contributed by atoms with Gasteiger partial charge in [0.1, 0.15) is 5.82 Å². The molecule has 0 unspecified atom stereocenters. The maximum Gasteiger partial charge on any atom is 0.255 e. The van der Waals surface area contributed by atoms with Gasteiger partial charge >= 0.3 is 0 Å². The monoisotopic (exact) mass is 377 g/mol. The van der Waals surface area contributed by atoms with Crippen LogP contribution in [0.25, 0.3) is 11.1 Å². The Kier molecular flexibility index (Phi) is 4.71. The molecule has 1 aliphatic rings. The molecule has 0 bridgehead atoms. The number of nitrogens with two attached hydrogens (primary N) is 1. The van der Waals surface area contributed by atoms with Crippen molar-refractivity contribution in [2.75, 3.05) is 29.0 Å². The van der Waals surface area contributed by atoms with Gasteiger partial charge in [0.2, 0.25) is 0 Å². The first-order valence-corrected chi connectivity index (χ1v) is 8.99. The fraction of sp³-hybridized carbons (Fsp3) is 0.136. The Bertz CT molecular complexity index is 997. The van der Waals surface area contributed by atoms with Crippen molar-refractivity contribution in [1.29, 1.82) is 0 Å². The molecule has 0 atom stereocenters. The van der Waals surface area contributed by atoms with Crippen molar-refractivity contribution in [3.63, 3.8) is 0 Å². The second-order valence-electron chi connectivity index (χ2n) is 6.87. The Hall–Kier alpha value is -3.38. The molecule has 1 heterocycles. The van der Waals surface area contributed by atoms with E-state index in [1.54, 1.807) is 36.4 Å². The molecule has 1 amide bonds. The summed E-state index contributed by atoms with van der Waals surface area (Å²) in [6.45, 7) is 1.22. The highest BCUT2D eigenvalue weighted by Gasteiger charge is 2.24. The molecule has 0 aliphatic carbocycles. The van der Waals surface area contributed by atoms with E-state index in [-0.39, 0.29) is 17.8 Å². The molecule has 1 saturated heterocycles. The van der Waals surface area contributed by atoms with Crippen molar-refractivity contribution >= 4 is 23.0 Å². The van der Waals surface area contributed by atoms with Gasteiger partial charge in [0.05, 0.1) is 17.5 Å². The highest BCUT2D eigenvalue weighted by Crippen LogP contribution is 2.28. The van der Waals surface area contributed by atoms with Crippen molar-refractivity contribution < 1.29 is 14.3 Å². The van der Waals surface area contributed by atoms with Crippen LogP contribution >= 0.6 is 0 Å². The molecule has 3 aromatic carbocycles. The quantitative estimate of drug-likeness (QED) is 0.608. The number of aliphatic hydroxyl groups is 1. The lowest BCUT2D eigenvalue weighted by molar-refractivity contribution is 0.102. The smallest absolute Gasteiger partial charge is 0.255 e. The molecule has 1 fully saturated rings. The standard InChI is InChI=1S/C22H20FN3O2/c23-17-6-1-14(2-7-17)16-5-10-20(24)21(11-16)25-22(28)15-3-8-18(9-4-15)26-12-19(27)13-26/h1-11,19,27H,12-13,24H2,(H,25,28). The van der Waals surface area contributed by atoms with Crippen LogP contribution in [0.15, 0.2) is 66.7 Å². The van der Waals surface area contributed by atoms with Crippen LogP contribution in [0.1, 0.15) is 10.4 Å². The van der Waals surface area contributed by atoms with Gasteiger partial charge in [0.25, 0.3) is 5.91 Å². The number of rotatable bonds is 4. The summed E-state index contributed by atoms with van der Waals surface area (Å²) in [4.78, 5) is 14.6. The number of hydrogen-bond donors (Lipinski definition) is 3. The van der Waals surface area contributed by atoms with Gasteiger partial charge in [0, 0.05) is 24.3 Å². The number of nitrogen functional groups attached to an aromatic ring is 1. The van der Waals surface area contributed by atoms with E-state index in [2.05, 4.69) is 5.32 Å². The van der Waals surface area contributed by atoms with E-state index in [9.17, 15) is 14.3 Å². The number of carbonyl (C=O) groups excluding carboxylic acids is 1. The number of aliphatic hydroxyl groups excluding tert-OH is 1. The van der Waals surface area contributed by atoms with Crippen LogP contribution in [0.4, 0.5) is 21.5 Å². The summed E-state index contributed by atoms with van der Waals surface area (Å²) in [7, 11) is 0. The lowest BCUT2D eigenvalue weighted by Gasteiger charge is -2.37. The normalized spacial score (nSPS) is 13.9. The molecule has 4 N–H and O–H groups in total. The number of anilines is 3. The van der Waals surface area contributed by atoms with E-state index < -0.39 is 0 Å². The molecule has 0 radical (unpaired) electrons. The molecular formula is C22H20FN3O2. The van der Waals surface area contributed by atoms with Gasteiger partial charge in [-0.3, -0.25) is 4.79 Å². The van der Waals surface area contributed by atoms with Gasteiger partial charge in [-0.15, -0.1) is 0 Å². The average Bonchev–Trinajstić information content (AvgIpc) is 2.68. The number of hydrogen-bond acceptors (Lipinski definition) is 4. The Balaban J connectivity index is 1.51. The van der Waals surface area contributed by atoms with E-state index in [4.69, 9.17) is 5.73 Å². The zero-order valence-corrected chi connectivity index (χ0v) is 15.1. The summed E-state index contributed by atoms with van der Waals surface area (Å²) < 4.78 is 13.1. The van der Waals surface area contributed by atoms with Crippen LogP contribution < -0.4 is 16.0 Å². The number of halogens is 1. The van der Waals surface area contributed by atoms with Crippen molar-refractivity contribution in [3.05, 3.63) is 78.1 Å². The summed E-state index contributed by atoms with van der Waals surface area (Å²) in [5.41, 5.74) is 10.1. The molecule has 28 heavy (non-hydrogen) atoms. The Labute approximate surface area is 162 Å². The molecule has 1 aliphatic heterocycles. The molecule has 6 heteroatoms. The lowest BCUT2D eigenvalue weighted by Crippen LogP contribution is -2.50. The highest BCUT2D eigenvalue weighted by molar-refractivity contribution is 6.06. The van der Waals surface area contributed by atoms with E-state index in [0.29, 0.717) is 30.0 Å². The molecule has 5 nitrogen and oxygen atoms in total. The van der Waals surface area contributed by atoms with Gasteiger partial charge in [-0.05, 0) is 59.7 Å². The first-order valence-electron chi connectivity index (χ1n) is 8.99. The molecule has 0 spiro atoms. The number of benzene rings is 3. The largest absolute Gasteiger partial charge is 0.397 e. The Morgan fingerprint density at radius 2 is 1.64 bits per heavy atom. The van der Waals surface area contributed by atoms with Crippen LogP contribution in [-0.2, 0) is 0 Å². The van der Waals surface area contributed by atoms with Crippen LogP contribution in [-0.4, -0.2) is 30.2 Å². The van der Waals surface area contributed by atoms with Crippen LogP contribution in [0.5, 0.6) is 0 Å². The summed E-state index contributed by atoms with van der Waals surface area (Å²) in [5.74, 6) is -0.568. The predicted molar refractivity (Wildman–Crippen MR) is 109 cm³/mol. The number of nitrogens with zero attached hydrogens (tertiary/aromatic N) is 1. The van der Waals surface area contributed by atoms with Crippen molar-refractivity contribution in [1.82, 2.24) is 0 Å². The molecular weight excluding hydrogens is 357 g/mol. The third-order valence-electron chi connectivity index (χ3n) is 4.84. The predicted octanol–water partition coefficient (Wildman–Crippen LogP) is 3.51. The second-order valence-corrected chi connectivity index (χ2v) is 6.87. The third-order valence-corrected chi connectivity index (χ3v) is 4.84. The number of nitrogens with one attached hydrogen (secondary N) is 1. The number of carbonyl (C=O) groups is 1. The van der Waals surface area contributed by atoms with E-state index in [1.807, 2.05) is 23.1 Å². The molecule has 0 saturated carbocycles. The first kappa shape index (κ1) is 18.0. The zero-order valence-electron chi connectivity index (χ0n) is 15.1. The van der Waals surface area contributed by atoms with Gasteiger partial charge in [-0.2, -0.15) is 0 Å². The molecule has 4 rings (SSSR count). The van der Waals surface area contributed by atoms with Crippen LogP contribution in [0, 0.1) is 5.82 Å². The fourth-order valence-corrected chi connectivity index (χ4v) is 3.17.